The third kappa shape index (κ3) is 3.21. The van der Waals surface area contributed by atoms with Crippen LogP contribution >= 0.6 is 11.6 Å². The highest BCUT2D eigenvalue weighted by Gasteiger charge is 2.14. The summed E-state index contributed by atoms with van der Waals surface area (Å²) in [6.07, 6.45) is 1.38. The topological polar surface area (TPSA) is 57.0 Å². The molecule has 0 N–H and O–H groups in total. The zero-order chi connectivity index (χ0) is 12.1. The monoisotopic (exact) mass is 237 g/mol. The van der Waals surface area contributed by atoms with Gasteiger partial charge in [0.15, 0.2) is 0 Å². The first-order valence-electron chi connectivity index (χ1n) is 4.80. The van der Waals surface area contributed by atoms with Crippen LogP contribution < -0.4 is 0 Å². The van der Waals surface area contributed by atoms with E-state index in [0.717, 1.165) is 0 Å². The first-order valence-corrected chi connectivity index (χ1v) is 5.24. The fraction of sp³-hybridized carbons (Fsp3) is 0.364. The van der Waals surface area contributed by atoms with Crippen LogP contribution in [0.25, 0.3) is 0 Å². The molecule has 1 heterocycles. The maximum atomic E-state index is 11.8. The summed E-state index contributed by atoms with van der Waals surface area (Å²) < 4.78 is 0. The summed E-state index contributed by atoms with van der Waals surface area (Å²) in [6, 6.07) is 5.05. The Labute approximate surface area is 99.5 Å². The van der Waals surface area contributed by atoms with Crippen LogP contribution in [0.2, 0.25) is 0 Å². The molecule has 1 aromatic rings. The molecule has 0 spiro atoms. The average molecular weight is 238 g/mol. The maximum absolute atomic E-state index is 11.8. The average Bonchev–Trinajstić information content (AvgIpc) is 2.27. The molecule has 0 saturated carbocycles. The molecule has 16 heavy (non-hydrogen) atoms. The van der Waals surface area contributed by atoms with Crippen molar-refractivity contribution in [2.24, 2.45) is 0 Å². The predicted molar refractivity (Wildman–Crippen MR) is 61.2 cm³/mol. The zero-order valence-corrected chi connectivity index (χ0v) is 9.90. The van der Waals surface area contributed by atoms with E-state index in [9.17, 15) is 4.79 Å². The zero-order valence-electron chi connectivity index (χ0n) is 9.14. The van der Waals surface area contributed by atoms with E-state index in [1.165, 1.54) is 17.2 Å². The van der Waals surface area contributed by atoms with Gasteiger partial charge in [0.05, 0.1) is 5.56 Å². The molecule has 4 nitrogen and oxygen atoms in total. The fourth-order valence-corrected chi connectivity index (χ4v) is 1.45. The Morgan fingerprint density at radius 2 is 2.38 bits per heavy atom. The van der Waals surface area contributed by atoms with Gasteiger partial charge in [0, 0.05) is 25.2 Å². The number of carbonyl (C=O) groups excluding carboxylic acids is 1. The molecular weight excluding hydrogens is 226 g/mol. The van der Waals surface area contributed by atoms with E-state index in [2.05, 4.69) is 4.98 Å². The van der Waals surface area contributed by atoms with Crippen molar-refractivity contribution in [1.29, 1.82) is 5.26 Å². The minimum absolute atomic E-state index is 0.104. The molecule has 84 valence electrons. The molecule has 0 radical (unpaired) electrons. The van der Waals surface area contributed by atoms with Gasteiger partial charge in [0.25, 0.3) is 5.91 Å². The smallest absolute Gasteiger partial charge is 0.272 e. The number of hydrogen-bond acceptors (Lipinski definition) is 3. The van der Waals surface area contributed by atoms with Gasteiger partial charge in [-0.15, -0.1) is 11.6 Å². The highest BCUT2D eigenvalue weighted by molar-refractivity contribution is 6.20. The molecule has 0 aliphatic rings. The van der Waals surface area contributed by atoms with Crippen LogP contribution in [0.5, 0.6) is 0 Å². The number of hydrogen-bond donors (Lipinski definition) is 0. The van der Waals surface area contributed by atoms with Crippen molar-refractivity contribution in [2.45, 2.75) is 12.3 Å². The van der Waals surface area contributed by atoms with E-state index in [1.54, 1.807) is 13.1 Å². The summed E-state index contributed by atoms with van der Waals surface area (Å²) in [5, 5.41) is 8.49. The first kappa shape index (κ1) is 12.5. The maximum Gasteiger partial charge on any atom is 0.272 e. The number of nitrogens with zero attached hydrogens (tertiary/aromatic N) is 3. The number of rotatable bonds is 3. The number of aromatic nitrogens is 1. The Bertz CT molecular complexity index is 408. The fourth-order valence-electron chi connectivity index (χ4n) is 1.24. The predicted octanol–water partition coefficient (Wildman–Crippen LogP) is 1.65. The quantitative estimate of drug-likeness (QED) is 0.752. The molecule has 0 bridgehead atoms. The molecule has 0 aliphatic heterocycles. The molecule has 0 fully saturated rings. The molecule has 1 rings (SSSR count). The Morgan fingerprint density at radius 3 is 2.81 bits per heavy atom. The summed E-state index contributed by atoms with van der Waals surface area (Å²) in [5.74, 6) is -0.197. The van der Waals surface area contributed by atoms with E-state index >= 15 is 0 Å². The van der Waals surface area contributed by atoms with E-state index in [0.29, 0.717) is 17.8 Å². The van der Waals surface area contributed by atoms with Gasteiger partial charge in [-0.3, -0.25) is 4.79 Å². The third-order valence-corrected chi connectivity index (χ3v) is 2.12. The third-order valence-electron chi connectivity index (χ3n) is 1.98. The molecule has 0 saturated heterocycles. The molecule has 5 heteroatoms. The SMILES string of the molecule is CC(Cl)CN(C)C(=O)c1ccc(C#N)cn1. The standard InChI is InChI=1S/C11H12ClN3O/c1-8(12)7-15(2)11(16)10-4-3-9(5-13)6-14-10/h3-4,6,8H,7H2,1-2H3. The van der Waals surface area contributed by atoms with Gasteiger partial charge in [0.2, 0.25) is 0 Å². The van der Waals surface area contributed by atoms with Gasteiger partial charge in [0.1, 0.15) is 11.8 Å². The lowest BCUT2D eigenvalue weighted by Gasteiger charge is -2.17. The van der Waals surface area contributed by atoms with Crippen molar-refractivity contribution in [3.8, 4) is 6.07 Å². The van der Waals surface area contributed by atoms with Crippen molar-refractivity contribution < 1.29 is 4.79 Å². The molecule has 0 aliphatic carbocycles. The van der Waals surface area contributed by atoms with Gasteiger partial charge in [-0.2, -0.15) is 5.26 Å². The van der Waals surface area contributed by atoms with Crippen molar-refractivity contribution in [1.82, 2.24) is 9.88 Å². The summed E-state index contributed by atoms with van der Waals surface area (Å²) in [7, 11) is 1.67. The van der Waals surface area contributed by atoms with Gasteiger partial charge < -0.3 is 4.90 Å². The summed E-state index contributed by atoms with van der Waals surface area (Å²) >= 11 is 5.79. The van der Waals surface area contributed by atoms with Crippen molar-refractivity contribution in [3.63, 3.8) is 0 Å². The number of pyridine rings is 1. The number of alkyl halides is 1. The minimum Gasteiger partial charge on any atom is -0.339 e. The second-order valence-electron chi connectivity index (χ2n) is 3.51. The molecule has 1 amide bonds. The van der Waals surface area contributed by atoms with E-state index in [1.807, 2.05) is 13.0 Å². The van der Waals surface area contributed by atoms with Crippen molar-refractivity contribution >= 4 is 17.5 Å². The van der Waals surface area contributed by atoms with Gasteiger partial charge in [-0.05, 0) is 19.1 Å². The Kier molecular flexibility index (Phi) is 4.27. The lowest BCUT2D eigenvalue weighted by atomic mass is 10.2. The van der Waals surface area contributed by atoms with Gasteiger partial charge >= 0.3 is 0 Å². The van der Waals surface area contributed by atoms with E-state index in [-0.39, 0.29) is 11.3 Å². The lowest BCUT2D eigenvalue weighted by Crippen LogP contribution is -2.31. The Hall–Kier alpha value is -1.60. The first-order chi connectivity index (χ1) is 7.54. The summed E-state index contributed by atoms with van der Waals surface area (Å²) in [4.78, 5) is 17.2. The van der Waals surface area contributed by atoms with Crippen molar-refractivity contribution in [2.75, 3.05) is 13.6 Å². The second-order valence-corrected chi connectivity index (χ2v) is 4.26. The second kappa shape index (κ2) is 5.47. The minimum atomic E-state index is -0.197. The van der Waals surface area contributed by atoms with E-state index in [4.69, 9.17) is 16.9 Å². The van der Waals surface area contributed by atoms with E-state index < -0.39 is 0 Å². The summed E-state index contributed by atoms with van der Waals surface area (Å²) in [5.41, 5.74) is 0.753. The van der Waals surface area contributed by atoms with Crippen LogP contribution in [-0.2, 0) is 0 Å². The van der Waals surface area contributed by atoms with Crippen LogP contribution in [-0.4, -0.2) is 34.8 Å². The molecule has 1 atom stereocenters. The Morgan fingerprint density at radius 1 is 1.69 bits per heavy atom. The number of halogens is 1. The van der Waals surface area contributed by atoms with Crippen LogP contribution in [0.3, 0.4) is 0 Å². The van der Waals surface area contributed by atoms with Crippen LogP contribution in [0.15, 0.2) is 18.3 Å². The molecular formula is C11H12ClN3O. The van der Waals surface area contributed by atoms with Crippen molar-refractivity contribution in [3.05, 3.63) is 29.6 Å². The lowest BCUT2D eigenvalue weighted by molar-refractivity contribution is 0.0790. The normalized spacial score (nSPS) is 11.6. The summed E-state index contributed by atoms with van der Waals surface area (Å²) in [6.45, 7) is 2.28. The van der Waals surface area contributed by atoms with Crippen LogP contribution in [0, 0.1) is 11.3 Å². The molecule has 1 aromatic heterocycles. The van der Waals surface area contributed by atoms with Gasteiger partial charge in [-0.25, -0.2) is 4.98 Å². The molecule has 0 aromatic carbocycles. The largest absolute Gasteiger partial charge is 0.339 e. The number of nitriles is 1. The highest BCUT2D eigenvalue weighted by atomic mass is 35.5. The number of carbonyl (C=O) groups is 1. The van der Waals surface area contributed by atoms with Crippen LogP contribution in [0.1, 0.15) is 23.0 Å². The van der Waals surface area contributed by atoms with Gasteiger partial charge in [-0.1, -0.05) is 0 Å². The number of amides is 1. The van der Waals surface area contributed by atoms with Crippen LogP contribution in [0.4, 0.5) is 0 Å². The highest BCUT2D eigenvalue weighted by Crippen LogP contribution is 2.04. The molecule has 1 unspecified atom stereocenters. The Balaban J connectivity index is 2.77.